The van der Waals surface area contributed by atoms with Crippen LogP contribution in [0.2, 0.25) is 0 Å². The van der Waals surface area contributed by atoms with E-state index in [4.69, 9.17) is 14.9 Å². The molecule has 1 rings (SSSR count). The van der Waals surface area contributed by atoms with Gasteiger partial charge in [-0.25, -0.2) is 9.59 Å². The Morgan fingerprint density at radius 3 is 2.22 bits per heavy atom. The van der Waals surface area contributed by atoms with Crippen LogP contribution >= 0.6 is 0 Å². The second-order valence-corrected chi connectivity index (χ2v) is 3.57. The number of aromatic carboxylic acids is 2. The van der Waals surface area contributed by atoms with Gasteiger partial charge in [-0.3, -0.25) is 4.79 Å². The van der Waals surface area contributed by atoms with E-state index in [9.17, 15) is 14.4 Å². The van der Waals surface area contributed by atoms with Crippen molar-refractivity contribution in [2.45, 2.75) is 20.3 Å². The molecule has 0 amide bonds. The van der Waals surface area contributed by atoms with Crippen LogP contribution in [0.15, 0.2) is 12.1 Å². The standard InChI is InChI=1S/C12H12O6/c1-3-8(13)18-10-7(11(14)15)5-4-6(2)9(10)12(16)17/h4-5H,3H2,1-2H3,(H,14,15)(H,16,17). The molecule has 0 heterocycles. The van der Waals surface area contributed by atoms with Gasteiger partial charge < -0.3 is 14.9 Å². The van der Waals surface area contributed by atoms with Gasteiger partial charge in [-0.05, 0) is 18.6 Å². The fraction of sp³-hybridized carbons (Fsp3) is 0.250. The lowest BCUT2D eigenvalue weighted by Crippen LogP contribution is -2.15. The van der Waals surface area contributed by atoms with Gasteiger partial charge >= 0.3 is 17.9 Å². The van der Waals surface area contributed by atoms with E-state index in [1.54, 1.807) is 0 Å². The Balaban J connectivity index is 3.48. The van der Waals surface area contributed by atoms with Gasteiger partial charge in [-0.1, -0.05) is 13.0 Å². The molecule has 18 heavy (non-hydrogen) atoms. The van der Waals surface area contributed by atoms with E-state index in [1.807, 2.05) is 0 Å². The first-order valence-corrected chi connectivity index (χ1v) is 5.19. The molecule has 0 bridgehead atoms. The van der Waals surface area contributed by atoms with Crippen molar-refractivity contribution < 1.29 is 29.3 Å². The predicted octanol–water partition coefficient (Wildman–Crippen LogP) is 1.71. The first-order chi connectivity index (χ1) is 8.38. The van der Waals surface area contributed by atoms with Gasteiger partial charge in [0.05, 0.1) is 0 Å². The van der Waals surface area contributed by atoms with E-state index in [1.165, 1.54) is 26.0 Å². The normalized spacial score (nSPS) is 9.89. The highest BCUT2D eigenvalue weighted by molar-refractivity contribution is 6.00. The van der Waals surface area contributed by atoms with Crippen molar-refractivity contribution in [3.8, 4) is 5.75 Å². The van der Waals surface area contributed by atoms with Gasteiger partial charge in [0, 0.05) is 6.42 Å². The number of carbonyl (C=O) groups is 3. The molecule has 0 radical (unpaired) electrons. The summed E-state index contributed by atoms with van der Waals surface area (Å²) in [5.74, 6) is -3.79. The average Bonchev–Trinajstić information content (AvgIpc) is 2.27. The maximum atomic E-state index is 11.2. The van der Waals surface area contributed by atoms with Gasteiger partial charge in [-0.15, -0.1) is 0 Å². The summed E-state index contributed by atoms with van der Waals surface area (Å²) in [6.07, 6.45) is 0.0199. The highest BCUT2D eigenvalue weighted by Crippen LogP contribution is 2.28. The van der Waals surface area contributed by atoms with E-state index in [2.05, 4.69) is 0 Å². The number of hydrogen-bond acceptors (Lipinski definition) is 4. The lowest BCUT2D eigenvalue weighted by molar-refractivity contribution is -0.134. The van der Waals surface area contributed by atoms with E-state index in [-0.39, 0.29) is 17.5 Å². The quantitative estimate of drug-likeness (QED) is 0.624. The minimum atomic E-state index is -1.35. The summed E-state index contributed by atoms with van der Waals surface area (Å²) in [5, 5.41) is 18.0. The van der Waals surface area contributed by atoms with Crippen LogP contribution in [0, 0.1) is 6.92 Å². The van der Waals surface area contributed by atoms with Gasteiger partial charge in [0.25, 0.3) is 0 Å². The number of hydrogen-bond donors (Lipinski definition) is 2. The molecule has 0 saturated carbocycles. The van der Waals surface area contributed by atoms with Crippen LogP contribution in [-0.2, 0) is 4.79 Å². The third kappa shape index (κ3) is 2.65. The fourth-order valence-corrected chi connectivity index (χ4v) is 1.41. The molecule has 0 aliphatic carbocycles. The van der Waals surface area contributed by atoms with Crippen molar-refractivity contribution in [3.63, 3.8) is 0 Å². The van der Waals surface area contributed by atoms with Gasteiger partial charge in [0.1, 0.15) is 11.1 Å². The Labute approximate surface area is 103 Å². The molecular weight excluding hydrogens is 240 g/mol. The summed E-state index contributed by atoms with van der Waals surface area (Å²) in [6, 6.07) is 2.57. The monoisotopic (exact) mass is 252 g/mol. The predicted molar refractivity (Wildman–Crippen MR) is 61.0 cm³/mol. The van der Waals surface area contributed by atoms with E-state index >= 15 is 0 Å². The molecular formula is C12H12O6. The van der Waals surface area contributed by atoms with E-state index in [0.717, 1.165) is 0 Å². The topological polar surface area (TPSA) is 101 Å². The molecule has 6 heteroatoms. The molecule has 96 valence electrons. The number of carboxylic acid groups (broad SMARTS) is 2. The van der Waals surface area contributed by atoms with Crippen LogP contribution in [0.4, 0.5) is 0 Å². The zero-order chi connectivity index (χ0) is 13.9. The lowest BCUT2D eigenvalue weighted by atomic mass is 10.0. The Morgan fingerprint density at radius 2 is 1.78 bits per heavy atom. The van der Waals surface area contributed by atoms with Gasteiger partial charge in [-0.2, -0.15) is 0 Å². The van der Waals surface area contributed by atoms with Crippen LogP contribution in [0.25, 0.3) is 0 Å². The largest absolute Gasteiger partial charge is 0.478 e. The van der Waals surface area contributed by atoms with Crippen LogP contribution in [0.1, 0.15) is 39.6 Å². The Hall–Kier alpha value is -2.37. The zero-order valence-electron chi connectivity index (χ0n) is 9.89. The first-order valence-electron chi connectivity index (χ1n) is 5.19. The van der Waals surface area contributed by atoms with E-state index < -0.39 is 23.7 Å². The molecule has 0 unspecified atom stereocenters. The zero-order valence-corrected chi connectivity index (χ0v) is 9.89. The molecule has 0 saturated heterocycles. The molecule has 0 atom stereocenters. The van der Waals surface area contributed by atoms with E-state index in [0.29, 0.717) is 5.56 Å². The number of rotatable bonds is 4. The first kappa shape index (κ1) is 13.7. The van der Waals surface area contributed by atoms with Crippen LogP contribution in [0.5, 0.6) is 5.75 Å². The van der Waals surface area contributed by atoms with Gasteiger partial charge in [0.2, 0.25) is 0 Å². The van der Waals surface area contributed by atoms with Crippen LogP contribution in [-0.4, -0.2) is 28.1 Å². The van der Waals surface area contributed by atoms with Crippen molar-refractivity contribution in [2.75, 3.05) is 0 Å². The lowest BCUT2D eigenvalue weighted by Gasteiger charge is -2.11. The maximum absolute atomic E-state index is 11.2. The highest BCUT2D eigenvalue weighted by Gasteiger charge is 2.23. The number of ether oxygens (including phenoxy) is 1. The molecule has 2 N–H and O–H groups in total. The number of carbonyl (C=O) groups excluding carboxylic acids is 1. The highest BCUT2D eigenvalue weighted by atomic mass is 16.5. The minimum absolute atomic E-state index is 0.0199. The number of benzene rings is 1. The molecule has 0 aliphatic heterocycles. The Morgan fingerprint density at radius 1 is 1.17 bits per heavy atom. The molecule has 1 aromatic carbocycles. The van der Waals surface area contributed by atoms with Crippen LogP contribution in [0.3, 0.4) is 0 Å². The van der Waals surface area contributed by atoms with Crippen molar-refractivity contribution in [1.82, 2.24) is 0 Å². The van der Waals surface area contributed by atoms with Gasteiger partial charge in [0.15, 0.2) is 5.75 Å². The third-order valence-electron chi connectivity index (χ3n) is 2.31. The number of carboxylic acids is 2. The summed E-state index contributed by atoms with van der Waals surface area (Å²) < 4.78 is 4.83. The summed E-state index contributed by atoms with van der Waals surface area (Å²) in [7, 11) is 0. The van der Waals surface area contributed by atoms with Crippen molar-refractivity contribution >= 4 is 17.9 Å². The molecule has 0 aliphatic rings. The minimum Gasteiger partial charge on any atom is -0.478 e. The Bertz CT molecular complexity index is 518. The average molecular weight is 252 g/mol. The summed E-state index contributed by atoms with van der Waals surface area (Å²) >= 11 is 0. The molecule has 0 aromatic heterocycles. The fourth-order valence-electron chi connectivity index (χ4n) is 1.41. The molecule has 0 spiro atoms. The number of esters is 1. The molecule has 1 aromatic rings. The number of aryl methyl sites for hydroxylation is 1. The smallest absolute Gasteiger partial charge is 0.339 e. The molecule has 0 fully saturated rings. The van der Waals surface area contributed by atoms with Crippen LogP contribution < -0.4 is 4.74 Å². The van der Waals surface area contributed by atoms with Crippen molar-refractivity contribution in [1.29, 1.82) is 0 Å². The summed E-state index contributed by atoms with van der Waals surface area (Å²) in [4.78, 5) is 33.3. The summed E-state index contributed by atoms with van der Waals surface area (Å²) in [6.45, 7) is 3.03. The van der Waals surface area contributed by atoms with Crippen molar-refractivity contribution in [3.05, 3.63) is 28.8 Å². The molecule has 6 nitrogen and oxygen atoms in total. The maximum Gasteiger partial charge on any atom is 0.339 e. The summed E-state index contributed by atoms with van der Waals surface area (Å²) in [5.41, 5.74) is -0.331. The second-order valence-electron chi connectivity index (χ2n) is 3.57. The van der Waals surface area contributed by atoms with Crippen molar-refractivity contribution in [2.24, 2.45) is 0 Å². The Kier molecular flexibility index (Phi) is 4.04. The SMILES string of the molecule is CCC(=O)Oc1c(C(=O)O)ccc(C)c1C(=O)O. The second kappa shape index (κ2) is 5.31. The third-order valence-corrected chi connectivity index (χ3v) is 2.31.